The van der Waals surface area contributed by atoms with Gasteiger partial charge in [-0.1, -0.05) is 0 Å². The number of fused-ring (bicyclic) bond motifs is 1. The predicted molar refractivity (Wildman–Crippen MR) is 50.7 cm³/mol. The van der Waals surface area contributed by atoms with Gasteiger partial charge < -0.3 is 10.2 Å². The van der Waals surface area contributed by atoms with E-state index in [0.29, 0.717) is 13.1 Å². The summed E-state index contributed by atoms with van der Waals surface area (Å²) in [7, 11) is 0. The number of nitrogens with one attached hydrogen (secondary N) is 1. The van der Waals surface area contributed by atoms with E-state index in [4.69, 9.17) is 0 Å². The molecule has 1 unspecified atom stereocenters. The maximum Gasteiger partial charge on any atom is 0.327 e. The molecule has 2 saturated heterocycles. The highest BCUT2D eigenvalue weighted by Gasteiger charge is 2.46. The molecule has 78 valence electrons. The van der Waals surface area contributed by atoms with Gasteiger partial charge in [-0.2, -0.15) is 0 Å². The molecule has 2 heterocycles. The van der Waals surface area contributed by atoms with Gasteiger partial charge >= 0.3 is 6.03 Å². The van der Waals surface area contributed by atoms with Crippen LogP contribution in [0.2, 0.25) is 0 Å². The van der Waals surface area contributed by atoms with Crippen LogP contribution >= 0.6 is 0 Å². The molecule has 2 fully saturated rings. The third-order valence-corrected chi connectivity index (χ3v) is 2.73. The van der Waals surface area contributed by atoms with Crippen molar-refractivity contribution >= 4 is 11.9 Å². The number of nitrogens with zero attached hydrogens (tertiary/aromatic N) is 2. The number of hydrogen-bond donors (Lipinski definition) is 1. The molecule has 5 nitrogen and oxygen atoms in total. The Morgan fingerprint density at radius 3 is 2.71 bits per heavy atom. The van der Waals surface area contributed by atoms with Crippen LogP contribution in [0, 0.1) is 0 Å². The van der Waals surface area contributed by atoms with Gasteiger partial charge in [0.25, 0.3) is 5.91 Å². The van der Waals surface area contributed by atoms with Crippen LogP contribution in [0.1, 0.15) is 13.8 Å². The van der Waals surface area contributed by atoms with Crippen molar-refractivity contribution in [3.8, 4) is 0 Å². The average Bonchev–Trinajstić information content (AvgIpc) is 2.41. The maximum absolute atomic E-state index is 11.8. The average molecular weight is 197 g/mol. The van der Waals surface area contributed by atoms with Gasteiger partial charge in [0, 0.05) is 25.7 Å². The maximum atomic E-state index is 11.8. The van der Waals surface area contributed by atoms with Crippen molar-refractivity contribution in [3.63, 3.8) is 0 Å². The van der Waals surface area contributed by atoms with E-state index in [1.807, 2.05) is 13.8 Å². The Morgan fingerprint density at radius 1 is 1.43 bits per heavy atom. The van der Waals surface area contributed by atoms with Gasteiger partial charge in [-0.15, -0.1) is 0 Å². The molecular formula is C9H15N3O2. The molecule has 3 amide bonds. The summed E-state index contributed by atoms with van der Waals surface area (Å²) in [6.07, 6.45) is 0. The van der Waals surface area contributed by atoms with Gasteiger partial charge in [0.05, 0.1) is 0 Å². The minimum Gasteiger partial charge on any atom is -0.312 e. The minimum absolute atomic E-state index is 0.0411. The van der Waals surface area contributed by atoms with Gasteiger partial charge in [0.1, 0.15) is 6.04 Å². The minimum atomic E-state index is -0.265. The molecule has 2 aliphatic rings. The summed E-state index contributed by atoms with van der Waals surface area (Å²) in [4.78, 5) is 26.6. The molecule has 0 bridgehead atoms. The second-order valence-corrected chi connectivity index (χ2v) is 4.00. The zero-order valence-corrected chi connectivity index (χ0v) is 8.49. The highest BCUT2D eigenvalue weighted by molar-refractivity contribution is 6.04. The van der Waals surface area contributed by atoms with Gasteiger partial charge in [0.2, 0.25) is 0 Å². The lowest BCUT2D eigenvalue weighted by Gasteiger charge is -2.27. The van der Waals surface area contributed by atoms with Gasteiger partial charge in [0.15, 0.2) is 0 Å². The number of rotatable bonds is 1. The van der Waals surface area contributed by atoms with Crippen molar-refractivity contribution in [1.29, 1.82) is 0 Å². The fourth-order valence-electron chi connectivity index (χ4n) is 2.02. The molecule has 0 aliphatic carbocycles. The first-order chi connectivity index (χ1) is 6.63. The molecular weight excluding hydrogens is 182 g/mol. The van der Waals surface area contributed by atoms with E-state index < -0.39 is 0 Å². The fourth-order valence-corrected chi connectivity index (χ4v) is 2.02. The highest BCUT2D eigenvalue weighted by Crippen LogP contribution is 2.20. The number of hydrogen-bond acceptors (Lipinski definition) is 3. The summed E-state index contributed by atoms with van der Waals surface area (Å²) < 4.78 is 0. The molecule has 0 spiro atoms. The van der Waals surface area contributed by atoms with Gasteiger partial charge in [-0.05, 0) is 13.8 Å². The molecule has 5 heteroatoms. The number of piperazine rings is 1. The van der Waals surface area contributed by atoms with E-state index in [1.54, 1.807) is 4.90 Å². The third-order valence-electron chi connectivity index (χ3n) is 2.73. The summed E-state index contributed by atoms with van der Waals surface area (Å²) in [6.45, 7) is 5.73. The van der Waals surface area contributed by atoms with Crippen molar-refractivity contribution in [3.05, 3.63) is 0 Å². The predicted octanol–water partition coefficient (Wildman–Crippen LogP) is -0.369. The first-order valence-electron chi connectivity index (χ1n) is 4.97. The van der Waals surface area contributed by atoms with Crippen LogP contribution in [0.5, 0.6) is 0 Å². The van der Waals surface area contributed by atoms with Crippen LogP contribution in [-0.4, -0.2) is 53.5 Å². The Balaban J connectivity index is 2.24. The van der Waals surface area contributed by atoms with Crippen molar-refractivity contribution in [2.75, 3.05) is 19.6 Å². The van der Waals surface area contributed by atoms with Crippen LogP contribution in [0.3, 0.4) is 0 Å². The lowest BCUT2D eigenvalue weighted by Crippen LogP contribution is -2.51. The van der Waals surface area contributed by atoms with Gasteiger partial charge in [-0.25, -0.2) is 4.79 Å². The molecule has 14 heavy (non-hydrogen) atoms. The van der Waals surface area contributed by atoms with Crippen LogP contribution in [-0.2, 0) is 4.79 Å². The van der Waals surface area contributed by atoms with Crippen molar-refractivity contribution in [1.82, 2.24) is 15.1 Å². The molecule has 0 aromatic heterocycles. The Bertz CT molecular complexity index is 253. The van der Waals surface area contributed by atoms with E-state index in [9.17, 15) is 9.59 Å². The SMILES string of the molecule is CC(C)N1C(=O)C2CNCCN2C1=O. The Labute approximate surface area is 83.0 Å². The Kier molecular flexibility index (Phi) is 2.19. The molecule has 1 atom stereocenters. The lowest BCUT2D eigenvalue weighted by atomic mass is 10.2. The summed E-state index contributed by atoms with van der Waals surface area (Å²) in [6, 6.07) is -0.434. The summed E-state index contributed by atoms with van der Waals surface area (Å²) in [5.41, 5.74) is 0. The molecule has 1 N–H and O–H groups in total. The second-order valence-electron chi connectivity index (χ2n) is 4.00. The van der Waals surface area contributed by atoms with E-state index in [0.717, 1.165) is 6.54 Å². The van der Waals surface area contributed by atoms with Crippen molar-refractivity contribution in [2.24, 2.45) is 0 Å². The molecule has 0 aromatic carbocycles. The zero-order valence-electron chi connectivity index (χ0n) is 8.49. The molecule has 2 aliphatic heterocycles. The number of urea groups is 1. The van der Waals surface area contributed by atoms with E-state index in [1.165, 1.54) is 4.90 Å². The second kappa shape index (κ2) is 3.24. The zero-order chi connectivity index (χ0) is 10.3. The Morgan fingerprint density at radius 2 is 2.14 bits per heavy atom. The number of carbonyl (C=O) groups is 2. The molecule has 2 rings (SSSR count). The van der Waals surface area contributed by atoms with Crippen LogP contribution < -0.4 is 5.32 Å². The summed E-state index contributed by atoms with van der Waals surface area (Å²) in [5.74, 6) is -0.0581. The normalized spacial score (nSPS) is 27.5. The quantitative estimate of drug-likeness (QED) is 0.584. The molecule has 0 saturated carbocycles. The third kappa shape index (κ3) is 1.19. The van der Waals surface area contributed by atoms with E-state index in [-0.39, 0.29) is 24.0 Å². The largest absolute Gasteiger partial charge is 0.327 e. The van der Waals surface area contributed by atoms with Crippen molar-refractivity contribution in [2.45, 2.75) is 25.9 Å². The topological polar surface area (TPSA) is 52.7 Å². The standard InChI is InChI=1S/C9H15N3O2/c1-6(2)12-8(13)7-5-10-3-4-11(7)9(12)14/h6-7,10H,3-5H2,1-2H3. The number of imide groups is 1. The summed E-state index contributed by atoms with van der Waals surface area (Å²) >= 11 is 0. The number of amides is 3. The van der Waals surface area contributed by atoms with Crippen LogP contribution in [0.25, 0.3) is 0 Å². The van der Waals surface area contributed by atoms with Gasteiger partial charge in [-0.3, -0.25) is 9.69 Å². The molecule has 0 aromatic rings. The highest BCUT2D eigenvalue weighted by atomic mass is 16.2. The van der Waals surface area contributed by atoms with E-state index >= 15 is 0 Å². The first kappa shape index (κ1) is 9.45. The van der Waals surface area contributed by atoms with Crippen molar-refractivity contribution < 1.29 is 9.59 Å². The molecule has 0 radical (unpaired) electrons. The van der Waals surface area contributed by atoms with Crippen LogP contribution in [0.4, 0.5) is 4.79 Å². The number of carbonyl (C=O) groups excluding carboxylic acids is 2. The first-order valence-corrected chi connectivity index (χ1v) is 4.97. The fraction of sp³-hybridized carbons (Fsp3) is 0.778. The van der Waals surface area contributed by atoms with E-state index in [2.05, 4.69) is 5.32 Å². The van der Waals surface area contributed by atoms with Crippen LogP contribution in [0.15, 0.2) is 0 Å². The smallest absolute Gasteiger partial charge is 0.312 e. The lowest BCUT2D eigenvalue weighted by molar-refractivity contribution is -0.129. The monoisotopic (exact) mass is 197 g/mol. The Hall–Kier alpha value is -1.10. The summed E-state index contributed by atoms with van der Waals surface area (Å²) in [5, 5.41) is 3.13.